The maximum atomic E-state index is 9.16. The minimum atomic E-state index is -0.368. The Hall–Kier alpha value is -0.560. The molecule has 0 aliphatic heterocycles. The first-order chi connectivity index (χ1) is 4.22. The van der Waals surface area contributed by atoms with Crippen LogP contribution in [-0.4, -0.2) is 11.2 Å². The second kappa shape index (κ2) is 4.33. The highest BCUT2D eigenvalue weighted by molar-refractivity contribution is 4.94. The van der Waals surface area contributed by atoms with E-state index in [1.54, 1.807) is 12.2 Å². The van der Waals surface area contributed by atoms with E-state index < -0.39 is 0 Å². The highest BCUT2D eigenvalue weighted by Crippen LogP contribution is 2.03. The van der Waals surface area contributed by atoms with Crippen molar-refractivity contribution in [2.75, 3.05) is 0 Å². The Morgan fingerprint density at radius 2 is 2.11 bits per heavy atom. The van der Waals surface area contributed by atoms with Crippen LogP contribution in [0.1, 0.15) is 13.8 Å². The van der Waals surface area contributed by atoms with Gasteiger partial charge in [-0.05, 0) is 6.92 Å². The Morgan fingerprint density at radius 3 is 2.44 bits per heavy atom. The molecule has 0 aromatic rings. The predicted molar refractivity (Wildman–Crippen MR) is 40.2 cm³/mol. The van der Waals surface area contributed by atoms with Crippen LogP contribution < -0.4 is 0 Å². The van der Waals surface area contributed by atoms with E-state index in [0.29, 0.717) is 0 Å². The zero-order valence-corrected chi connectivity index (χ0v) is 6.04. The van der Waals surface area contributed by atoms with Gasteiger partial charge < -0.3 is 5.11 Å². The minimum Gasteiger partial charge on any atom is -0.388 e. The van der Waals surface area contributed by atoms with E-state index in [0.717, 1.165) is 0 Å². The number of aliphatic hydroxyl groups excluding tert-OH is 1. The van der Waals surface area contributed by atoms with Gasteiger partial charge in [-0.15, -0.1) is 6.58 Å². The number of hydrogen-bond acceptors (Lipinski definition) is 1. The summed E-state index contributed by atoms with van der Waals surface area (Å²) in [6.07, 6.45) is 4.97. The zero-order valence-electron chi connectivity index (χ0n) is 6.04. The van der Waals surface area contributed by atoms with Crippen molar-refractivity contribution in [1.82, 2.24) is 0 Å². The zero-order chi connectivity index (χ0) is 7.28. The molecule has 0 fully saturated rings. The lowest BCUT2D eigenvalue weighted by Crippen LogP contribution is -2.11. The summed E-state index contributed by atoms with van der Waals surface area (Å²) in [7, 11) is 0. The number of rotatable bonds is 3. The summed E-state index contributed by atoms with van der Waals surface area (Å²) in [4.78, 5) is 0. The summed E-state index contributed by atoms with van der Waals surface area (Å²) < 4.78 is 0. The van der Waals surface area contributed by atoms with Crippen LogP contribution in [0.4, 0.5) is 0 Å². The molecule has 0 radical (unpaired) electrons. The van der Waals surface area contributed by atoms with Crippen LogP contribution in [-0.2, 0) is 0 Å². The topological polar surface area (TPSA) is 20.2 Å². The number of allylic oxidation sites excluding steroid dienone is 1. The molecule has 0 saturated heterocycles. The molecule has 1 nitrogen and oxygen atoms in total. The standard InChI is InChI=1S/C8H14O/c1-4-6-8(9)7(3)5-2/h4-9H,2H2,1,3H3/b6-4+/t7-,8-/m0/s1. The molecule has 1 N–H and O–H groups in total. The first kappa shape index (κ1) is 8.44. The SMILES string of the molecule is C=C[C@H](C)[C@@H](O)/C=C/C. The Morgan fingerprint density at radius 1 is 1.56 bits per heavy atom. The first-order valence-corrected chi connectivity index (χ1v) is 3.15. The molecular formula is C8H14O. The van der Waals surface area contributed by atoms with Crippen LogP contribution in [0.15, 0.2) is 24.8 Å². The Balaban J connectivity index is 3.71. The molecule has 0 unspecified atom stereocenters. The van der Waals surface area contributed by atoms with Crippen LogP contribution in [0.5, 0.6) is 0 Å². The molecule has 0 saturated carbocycles. The van der Waals surface area contributed by atoms with Crippen molar-refractivity contribution >= 4 is 0 Å². The quantitative estimate of drug-likeness (QED) is 0.571. The predicted octanol–water partition coefficient (Wildman–Crippen LogP) is 1.75. The van der Waals surface area contributed by atoms with Gasteiger partial charge in [-0.2, -0.15) is 0 Å². The molecule has 1 heteroatoms. The average molecular weight is 126 g/mol. The van der Waals surface area contributed by atoms with Gasteiger partial charge in [0.25, 0.3) is 0 Å². The molecule has 0 rings (SSSR count). The molecule has 9 heavy (non-hydrogen) atoms. The van der Waals surface area contributed by atoms with Crippen molar-refractivity contribution < 1.29 is 5.11 Å². The molecule has 52 valence electrons. The molecule has 0 spiro atoms. The van der Waals surface area contributed by atoms with Crippen molar-refractivity contribution in [3.63, 3.8) is 0 Å². The summed E-state index contributed by atoms with van der Waals surface area (Å²) in [5.41, 5.74) is 0. The Kier molecular flexibility index (Phi) is 4.06. The van der Waals surface area contributed by atoms with E-state index in [-0.39, 0.29) is 12.0 Å². The van der Waals surface area contributed by atoms with E-state index in [1.165, 1.54) is 0 Å². The maximum absolute atomic E-state index is 9.16. The van der Waals surface area contributed by atoms with Gasteiger partial charge in [-0.25, -0.2) is 0 Å². The monoisotopic (exact) mass is 126 g/mol. The van der Waals surface area contributed by atoms with E-state index in [9.17, 15) is 0 Å². The fourth-order valence-electron chi connectivity index (χ4n) is 0.512. The number of hydrogen-bond donors (Lipinski definition) is 1. The van der Waals surface area contributed by atoms with Gasteiger partial charge in [-0.3, -0.25) is 0 Å². The average Bonchev–Trinajstić information content (AvgIpc) is 1.87. The highest BCUT2D eigenvalue weighted by Gasteiger charge is 2.04. The molecule has 0 aromatic heterocycles. The normalized spacial score (nSPS) is 17.7. The molecule has 0 bridgehead atoms. The molecule has 0 aliphatic rings. The third-order valence-electron chi connectivity index (χ3n) is 1.30. The summed E-state index contributed by atoms with van der Waals surface area (Å²) in [5, 5.41) is 9.16. The number of aliphatic hydroxyl groups is 1. The molecular weight excluding hydrogens is 112 g/mol. The van der Waals surface area contributed by atoms with E-state index in [4.69, 9.17) is 5.11 Å². The Bertz CT molecular complexity index is 105. The third kappa shape index (κ3) is 3.09. The van der Waals surface area contributed by atoms with Crippen molar-refractivity contribution in [2.45, 2.75) is 20.0 Å². The molecule has 0 aromatic carbocycles. The summed E-state index contributed by atoms with van der Waals surface area (Å²) in [6.45, 7) is 7.39. The summed E-state index contributed by atoms with van der Waals surface area (Å²) in [6, 6.07) is 0. The highest BCUT2D eigenvalue weighted by atomic mass is 16.3. The largest absolute Gasteiger partial charge is 0.388 e. The molecule has 2 atom stereocenters. The van der Waals surface area contributed by atoms with Gasteiger partial charge in [0.2, 0.25) is 0 Å². The van der Waals surface area contributed by atoms with Gasteiger partial charge in [0, 0.05) is 5.92 Å². The lowest BCUT2D eigenvalue weighted by molar-refractivity contribution is 0.185. The van der Waals surface area contributed by atoms with Gasteiger partial charge in [0.05, 0.1) is 6.10 Å². The lowest BCUT2D eigenvalue weighted by Gasteiger charge is -2.08. The fraction of sp³-hybridized carbons (Fsp3) is 0.500. The smallest absolute Gasteiger partial charge is 0.0780 e. The molecule has 0 heterocycles. The summed E-state index contributed by atoms with van der Waals surface area (Å²) in [5.74, 6) is 0.154. The first-order valence-electron chi connectivity index (χ1n) is 3.15. The van der Waals surface area contributed by atoms with E-state index >= 15 is 0 Å². The van der Waals surface area contributed by atoms with Gasteiger partial charge >= 0.3 is 0 Å². The van der Waals surface area contributed by atoms with Crippen molar-refractivity contribution in [2.24, 2.45) is 5.92 Å². The maximum Gasteiger partial charge on any atom is 0.0780 e. The van der Waals surface area contributed by atoms with Gasteiger partial charge in [-0.1, -0.05) is 25.2 Å². The van der Waals surface area contributed by atoms with Crippen LogP contribution in [0.2, 0.25) is 0 Å². The Labute approximate surface area is 56.7 Å². The van der Waals surface area contributed by atoms with Crippen molar-refractivity contribution in [1.29, 1.82) is 0 Å². The van der Waals surface area contributed by atoms with E-state index in [1.807, 2.05) is 19.9 Å². The molecule has 0 aliphatic carbocycles. The van der Waals surface area contributed by atoms with Crippen LogP contribution >= 0.6 is 0 Å². The van der Waals surface area contributed by atoms with Crippen molar-refractivity contribution in [3.05, 3.63) is 24.8 Å². The van der Waals surface area contributed by atoms with Crippen LogP contribution in [0.25, 0.3) is 0 Å². The summed E-state index contributed by atoms with van der Waals surface area (Å²) >= 11 is 0. The van der Waals surface area contributed by atoms with Gasteiger partial charge in [0.15, 0.2) is 0 Å². The van der Waals surface area contributed by atoms with Gasteiger partial charge in [0.1, 0.15) is 0 Å². The fourth-order valence-corrected chi connectivity index (χ4v) is 0.512. The van der Waals surface area contributed by atoms with Crippen LogP contribution in [0.3, 0.4) is 0 Å². The van der Waals surface area contributed by atoms with Crippen LogP contribution in [0, 0.1) is 5.92 Å². The lowest BCUT2D eigenvalue weighted by atomic mass is 10.1. The second-order valence-corrected chi connectivity index (χ2v) is 2.11. The molecule has 0 amide bonds. The second-order valence-electron chi connectivity index (χ2n) is 2.11. The minimum absolute atomic E-state index is 0.154. The van der Waals surface area contributed by atoms with E-state index in [2.05, 4.69) is 6.58 Å². The van der Waals surface area contributed by atoms with Crippen molar-refractivity contribution in [3.8, 4) is 0 Å². The third-order valence-corrected chi connectivity index (χ3v) is 1.30.